The molecule has 0 saturated heterocycles. The first-order chi connectivity index (χ1) is 7.06. The monoisotopic (exact) mass is 241 g/mol. The summed E-state index contributed by atoms with van der Waals surface area (Å²) in [7, 11) is 0. The van der Waals surface area contributed by atoms with Crippen LogP contribution < -0.4 is 5.32 Å². The maximum Gasteiger partial charge on any atom is 0.0662 e. The van der Waals surface area contributed by atoms with Gasteiger partial charge in [-0.1, -0.05) is 41.3 Å². The van der Waals surface area contributed by atoms with Crippen LogP contribution in [0.3, 0.4) is 0 Å². The fourth-order valence-electron chi connectivity index (χ4n) is 1.37. The maximum absolute atomic E-state index is 6.09. The fraction of sp³-hybridized carbons (Fsp3) is 0.333. The highest BCUT2D eigenvalue weighted by Gasteiger charge is 2.12. The molecule has 0 heterocycles. The number of nitrogens with one attached hydrogen (secondary N) is 1. The van der Waals surface area contributed by atoms with E-state index in [0.717, 1.165) is 5.56 Å². The summed E-state index contributed by atoms with van der Waals surface area (Å²) >= 11 is 12.0. The highest BCUT2D eigenvalue weighted by Crippen LogP contribution is 2.29. The second-order valence-corrected chi connectivity index (χ2v) is 4.20. The van der Waals surface area contributed by atoms with Gasteiger partial charge in [0.1, 0.15) is 0 Å². The zero-order chi connectivity index (χ0) is 11.4. The molecule has 0 fully saturated rings. The number of rotatable bonds is 3. The van der Waals surface area contributed by atoms with Crippen LogP contribution in [-0.4, -0.2) is 6.04 Å². The largest absolute Gasteiger partial charge is 0.297 e. The van der Waals surface area contributed by atoms with Crippen molar-refractivity contribution in [1.29, 1.82) is 0 Å². The van der Waals surface area contributed by atoms with Crippen LogP contribution in [0.4, 0.5) is 0 Å². The van der Waals surface area contributed by atoms with Crippen LogP contribution in [0, 0.1) is 12.3 Å². The SMILES string of the molecule is C#CC(C)NC(C)c1cccc(Cl)c1Cl. The number of hydrogen-bond acceptors (Lipinski definition) is 1. The van der Waals surface area contributed by atoms with E-state index in [2.05, 4.69) is 11.2 Å². The number of terminal acetylenes is 1. The summed E-state index contributed by atoms with van der Waals surface area (Å²) in [6.45, 7) is 3.93. The fourth-order valence-corrected chi connectivity index (χ4v) is 1.84. The summed E-state index contributed by atoms with van der Waals surface area (Å²) < 4.78 is 0. The molecule has 1 aromatic carbocycles. The Bertz CT molecular complexity index is 382. The van der Waals surface area contributed by atoms with E-state index in [-0.39, 0.29) is 12.1 Å². The Hall–Kier alpha value is -0.680. The summed E-state index contributed by atoms with van der Waals surface area (Å²) in [4.78, 5) is 0. The molecule has 0 aliphatic rings. The Morgan fingerprint density at radius 2 is 2.00 bits per heavy atom. The van der Waals surface area contributed by atoms with Crippen molar-refractivity contribution in [2.45, 2.75) is 25.9 Å². The molecule has 1 nitrogen and oxygen atoms in total. The van der Waals surface area contributed by atoms with E-state index in [1.807, 2.05) is 26.0 Å². The first-order valence-corrected chi connectivity index (χ1v) is 5.48. The van der Waals surface area contributed by atoms with Gasteiger partial charge in [0.25, 0.3) is 0 Å². The zero-order valence-corrected chi connectivity index (χ0v) is 10.2. The molecule has 0 bridgehead atoms. The van der Waals surface area contributed by atoms with Gasteiger partial charge in [-0.05, 0) is 25.5 Å². The summed E-state index contributed by atoms with van der Waals surface area (Å²) in [5.41, 5.74) is 0.964. The molecular weight excluding hydrogens is 229 g/mol. The minimum atomic E-state index is 0.00930. The van der Waals surface area contributed by atoms with Gasteiger partial charge >= 0.3 is 0 Å². The van der Waals surface area contributed by atoms with E-state index in [9.17, 15) is 0 Å². The Morgan fingerprint density at radius 1 is 1.33 bits per heavy atom. The van der Waals surface area contributed by atoms with E-state index >= 15 is 0 Å². The van der Waals surface area contributed by atoms with Gasteiger partial charge in [-0.2, -0.15) is 0 Å². The van der Waals surface area contributed by atoms with E-state index in [1.165, 1.54) is 0 Å². The van der Waals surface area contributed by atoms with Crippen LogP contribution in [0.2, 0.25) is 10.0 Å². The molecule has 3 heteroatoms. The van der Waals surface area contributed by atoms with Gasteiger partial charge in [-0.3, -0.25) is 5.32 Å². The summed E-state index contributed by atoms with van der Waals surface area (Å²) in [5, 5.41) is 4.39. The molecule has 0 radical (unpaired) electrons. The lowest BCUT2D eigenvalue weighted by Crippen LogP contribution is -2.27. The van der Waals surface area contributed by atoms with Crippen LogP contribution in [0.25, 0.3) is 0 Å². The van der Waals surface area contributed by atoms with Crippen molar-refractivity contribution < 1.29 is 0 Å². The predicted octanol–water partition coefficient (Wildman–Crippen LogP) is 3.67. The van der Waals surface area contributed by atoms with Gasteiger partial charge in [0.15, 0.2) is 0 Å². The lowest BCUT2D eigenvalue weighted by atomic mass is 10.1. The standard InChI is InChI=1S/C12H13Cl2N/c1-4-8(2)15-9(3)10-6-5-7-11(13)12(10)14/h1,5-9,15H,2-3H3. The molecule has 0 aliphatic carbocycles. The Balaban J connectivity index is 2.87. The second kappa shape index (κ2) is 5.42. The lowest BCUT2D eigenvalue weighted by Gasteiger charge is -2.18. The van der Waals surface area contributed by atoms with Crippen molar-refractivity contribution >= 4 is 23.2 Å². The molecule has 15 heavy (non-hydrogen) atoms. The van der Waals surface area contributed by atoms with Crippen molar-refractivity contribution in [1.82, 2.24) is 5.32 Å². The summed E-state index contributed by atoms with van der Waals surface area (Å²) in [5.74, 6) is 2.61. The summed E-state index contributed by atoms with van der Waals surface area (Å²) in [6.07, 6.45) is 5.29. The van der Waals surface area contributed by atoms with E-state index < -0.39 is 0 Å². The van der Waals surface area contributed by atoms with Gasteiger partial charge in [-0.25, -0.2) is 0 Å². The predicted molar refractivity (Wildman–Crippen MR) is 66.3 cm³/mol. The molecule has 0 saturated carbocycles. The molecule has 80 valence electrons. The Labute approximate surface area is 101 Å². The molecule has 2 atom stereocenters. The van der Waals surface area contributed by atoms with Crippen molar-refractivity contribution in [3.63, 3.8) is 0 Å². The van der Waals surface area contributed by atoms with Crippen LogP contribution in [0.5, 0.6) is 0 Å². The number of halogens is 2. The first-order valence-electron chi connectivity index (χ1n) is 4.72. The minimum Gasteiger partial charge on any atom is -0.297 e. The molecule has 0 spiro atoms. The normalized spacial score (nSPS) is 14.3. The van der Waals surface area contributed by atoms with Gasteiger partial charge in [0.05, 0.1) is 16.1 Å². The van der Waals surface area contributed by atoms with Crippen molar-refractivity contribution in [2.75, 3.05) is 0 Å². The third-order valence-electron chi connectivity index (χ3n) is 2.20. The molecule has 1 N–H and O–H groups in total. The van der Waals surface area contributed by atoms with Crippen molar-refractivity contribution in [3.8, 4) is 12.3 Å². The topological polar surface area (TPSA) is 12.0 Å². The molecule has 0 aliphatic heterocycles. The van der Waals surface area contributed by atoms with Crippen LogP contribution in [0.1, 0.15) is 25.5 Å². The third kappa shape index (κ3) is 3.14. The average Bonchev–Trinajstić information content (AvgIpc) is 2.21. The lowest BCUT2D eigenvalue weighted by molar-refractivity contribution is 0.546. The van der Waals surface area contributed by atoms with Crippen molar-refractivity contribution in [2.24, 2.45) is 0 Å². The number of hydrogen-bond donors (Lipinski definition) is 1. The highest BCUT2D eigenvalue weighted by molar-refractivity contribution is 6.42. The highest BCUT2D eigenvalue weighted by atomic mass is 35.5. The average molecular weight is 242 g/mol. The van der Waals surface area contributed by atoms with E-state index in [1.54, 1.807) is 6.07 Å². The first kappa shape index (κ1) is 12.4. The van der Waals surface area contributed by atoms with Crippen LogP contribution >= 0.6 is 23.2 Å². The van der Waals surface area contributed by atoms with Crippen molar-refractivity contribution in [3.05, 3.63) is 33.8 Å². The Kier molecular flexibility index (Phi) is 4.47. The molecule has 0 amide bonds. The number of benzene rings is 1. The van der Waals surface area contributed by atoms with Gasteiger partial charge in [0.2, 0.25) is 0 Å². The zero-order valence-electron chi connectivity index (χ0n) is 8.72. The van der Waals surface area contributed by atoms with E-state index in [0.29, 0.717) is 10.0 Å². The molecule has 1 rings (SSSR count). The van der Waals surface area contributed by atoms with Crippen LogP contribution in [-0.2, 0) is 0 Å². The van der Waals surface area contributed by atoms with Gasteiger partial charge < -0.3 is 0 Å². The smallest absolute Gasteiger partial charge is 0.0662 e. The molecule has 0 aromatic heterocycles. The molecule has 1 aromatic rings. The Morgan fingerprint density at radius 3 is 2.60 bits per heavy atom. The molecular formula is C12H13Cl2N. The third-order valence-corrected chi connectivity index (χ3v) is 3.03. The second-order valence-electron chi connectivity index (χ2n) is 3.42. The molecule has 2 unspecified atom stereocenters. The van der Waals surface area contributed by atoms with Gasteiger partial charge in [-0.15, -0.1) is 6.42 Å². The van der Waals surface area contributed by atoms with E-state index in [4.69, 9.17) is 29.6 Å². The minimum absolute atomic E-state index is 0.00930. The van der Waals surface area contributed by atoms with Crippen LogP contribution in [0.15, 0.2) is 18.2 Å². The maximum atomic E-state index is 6.09. The quantitative estimate of drug-likeness (QED) is 0.797. The van der Waals surface area contributed by atoms with Gasteiger partial charge in [0, 0.05) is 6.04 Å². The summed E-state index contributed by atoms with van der Waals surface area (Å²) in [6, 6.07) is 5.68.